The van der Waals surface area contributed by atoms with Crippen LogP contribution in [0.15, 0.2) is 36.0 Å². The molecule has 0 rings (SSSR count). The first-order chi connectivity index (χ1) is 8.35. The predicted octanol–water partition coefficient (Wildman–Crippen LogP) is 0.420. The van der Waals surface area contributed by atoms with E-state index in [1.165, 1.54) is 0 Å². The Labute approximate surface area is 114 Å². The Bertz CT molecular complexity index is 640. The second-order valence-electron chi connectivity index (χ2n) is 4.11. The molecule has 0 saturated heterocycles. The molecule has 0 aromatic rings. The van der Waals surface area contributed by atoms with Gasteiger partial charge in [0, 0.05) is 16.2 Å². The molecule has 0 N–H and O–H groups in total. The third kappa shape index (κ3) is 4.59. The smallest absolute Gasteiger partial charge is 0.178 e. The predicted molar refractivity (Wildman–Crippen MR) is 75.5 cm³/mol. The van der Waals surface area contributed by atoms with Gasteiger partial charge in [0.1, 0.15) is 4.75 Å². The van der Waals surface area contributed by atoms with Crippen molar-refractivity contribution in [2.45, 2.75) is 11.7 Å². The molecule has 0 radical (unpaired) electrons. The van der Waals surface area contributed by atoms with Crippen LogP contribution in [0.1, 0.15) is 6.92 Å². The molecule has 0 saturated carbocycles. The summed E-state index contributed by atoms with van der Waals surface area (Å²) >= 11 is 0. The molecule has 9 heteroatoms. The van der Waals surface area contributed by atoms with E-state index >= 15 is 0 Å². The Balaban J connectivity index is 5.99. The van der Waals surface area contributed by atoms with Crippen LogP contribution in [0.25, 0.3) is 0 Å². The minimum Gasteiger partial charge on any atom is -0.224 e. The van der Waals surface area contributed by atoms with E-state index < -0.39 is 45.8 Å². The highest BCUT2D eigenvalue weighted by Gasteiger charge is 2.43. The summed E-state index contributed by atoms with van der Waals surface area (Å²) in [5.41, 5.74) is 0. The van der Waals surface area contributed by atoms with E-state index in [1.54, 1.807) is 0 Å². The van der Waals surface area contributed by atoms with Crippen LogP contribution in [0.3, 0.4) is 0 Å². The molecule has 0 amide bonds. The van der Waals surface area contributed by atoms with Gasteiger partial charge in [0.2, 0.25) is 0 Å². The van der Waals surface area contributed by atoms with E-state index in [1.807, 2.05) is 0 Å². The quantitative estimate of drug-likeness (QED) is 0.640. The van der Waals surface area contributed by atoms with Crippen molar-refractivity contribution in [2.75, 3.05) is 11.5 Å². The summed E-state index contributed by atoms with van der Waals surface area (Å²) in [4.78, 5) is 0. The molecule has 0 atom stereocenters. The van der Waals surface area contributed by atoms with Crippen molar-refractivity contribution in [3.05, 3.63) is 36.0 Å². The molecule has 6 nitrogen and oxygen atoms in total. The van der Waals surface area contributed by atoms with Crippen LogP contribution in [0.5, 0.6) is 0 Å². The van der Waals surface area contributed by atoms with Crippen molar-refractivity contribution in [3.8, 4) is 0 Å². The molecular weight excluding hydrogens is 312 g/mol. The normalized spacial score (nSPS) is 13.7. The average Bonchev–Trinajstić information content (AvgIpc) is 2.27. The van der Waals surface area contributed by atoms with Crippen molar-refractivity contribution < 1.29 is 25.3 Å². The highest BCUT2D eigenvalue weighted by molar-refractivity contribution is 8.00. The second kappa shape index (κ2) is 5.59. The summed E-state index contributed by atoms with van der Waals surface area (Å²) in [6.07, 6.45) is 0. The first-order valence-corrected chi connectivity index (χ1v) is 9.90. The van der Waals surface area contributed by atoms with Crippen molar-refractivity contribution >= 4 is 29.5 Å². The van der Waals surface area contributed by atoms with E-state index in [4.69, 9.17) is 0 Å². The van der Waals surface area contributed by atoms with Gasteiger partial charge in [0.25, 0.3) is 0 Å². The van der Waals surface area contributed by atoms with Gasteiger partial charge in [-0.2, -0.15) is 0 Å². The molecule has 0 heterocycles. The lowest BCUT2D eigenvalue weighted by atomic mass is 10.2. The maximum absolute atomic E-state index is 11.9. The summed E-state index contributed by atoms with van der Waals surface area (Å²) in [5.74, 6) is -1.80. The summed E-state index contributed by atoms with van der Waals surface area (Å²) < 4.78 is 67.8. The summed E-state index contributed by atoms with van der Waals surface area (Å²) in [7, 11) is -12.0. The highest BCUT2D eigenvalue weighted by Crippen LogP contribution is 2.24. The van der Waals surface area contributed by atoms with Crippen LogP contribution in [0, 0.1) is 0 Å². The van der Waals surface area contributed by atoms with Crippen LogP contribution in [-0.4, -0.2) is 41.5 Å². The molecule has 0 bridgehead atoms. The van der Waals surface area contributed by atoms with Crippen molar-refractivity contribution in [1.29, 1.82) is 0 Å². The molecule has 0 spiro atoms. The van der Waals surface area contributed by atoms with Crippen molar-refractivity contribution in [2.24, 2.45) is 0 Å². The topological polar surface area (TPSA) is 102 Å². The van der Waals surface area contributed by atoms with E-state index in [0.29, 0.717) is 16.2 Å². The third-order valence-electron chi connectivity index (χ3n) is 2.43. The fraction of sp³-hybridized carbons (Fsp3) is 0.400. The largest absolute Gasteiger partial charge is 0.224 e. The molecule has 0 aromatic heterocycles. The Kier molecular flexibility index (Phi) is 5.32. The van der Waals surface area contributed by atoms with E-state index in [0.717, 1.165) is 6.92 Å². The van der Waals surface area contributed by atoms with Crippen LogP contribution < -0.4 is 0 Å². The standard InChI is InChI=1S/C10H16O6S3/c1-5-17(11,12)8-10(4,19(15,16)7-3)9-18(13,14)6-2/h5-7H,1-3,8-9H2,4H3. The van der Waals surface area contributed by atoms with Crippen LogP contribution >= 0.6 is 0 Å². The molecule has 0 aliphatic rings. The molecular formula is C10H16O6S3. The number of hydrogen-bond acceptors (Lipinski definition) is 6. The fourth-order valence-electron chi connectivity index (χ4n) is 1.38. The lowest BCUT2D eigenvalue weighted by Crippen LogP contribution is -2.46. The van der Waals surface area contributed by atoms with Gasteiger partial charge < -0.3 is 0 Å². The fourth-order valence-corrected chi connectivity index (χ4v) is 6.35. The molecule has 0 unspecified atom stereocenters. The average molecular weight is 328 g/mol. The molecule has 19 heavy (non-hydrogen) atoms. The van der Waals surface area contributed by atoms with Gasteiger partial charge in [-0.3, -0.25) is 0 Å². The SMILES string of the molecule is C=CS(=O)(=O)CC(C)(CS(=O)(=O)C=C)S(=O)(=O)C=C. The lowest BCUT2D eigenvalue weighted by Gasteiger charge is -2.25. The Morgan fingerprint density at radius 3 is 1.32 bits per heavy atom. The van der Waals surface area contributed by atoms with E-state index in [2.05, 4.69) is 19.7 Å². The zero-order chi connectivity index (χ0) is 15.5. The molecule has 0 aromatic carbocycles. The highest BCUT2D eigenvalue weighted by atomic mass is 32.2. The van der Waals surface area contributed by atoms with Gasteiger partial charge >= 0.3 is 0 Å². The van der Waals surface area contributed by atoms with E-state index in [-0.39, 0.29) is 0 Å². The number of sulfone groups is 3. The minimum absolute atomic E-state index is 0.546. The minimum atomic E-state index is -4.14. The zero-order valence-corrected chi connectivity index (χ0v) is 12.9. The maximum atomic E-state index is 11.9. The molecule has 0 aliphatic heterocycles. The Hall–Kier alpha value is -0.930. The Morgan fingerprint density at radius 1 is 0.789 bits per heavy atom. The molecule has 0 aliphatic carbocycles. The van der Waals surface area contributed by atoms with Gasteiger partial charge in [0.15, 0.2) is 29.5 Å². The van der Waals surface area contributed by atoms with Crippen LogP contribution in [0.2, 0.25) is 0 Å². The van der Waals surface area contributed by atoms with Crippen molar-refractivity contribution in [1.82, 2.24) is 0 Å². The van der Waals surface area contributed by atoms with Gasteiger partial charge in [0.05, 0.1) is 11.5 Å². The summed E-state index contributed by atoms with van der Waals surface area (Å²) in [5, 5.41) is 1.72. The van der Waals surface area contributed by atoms with Crippen LogP contribution in [0.4, 0.5) is 0 Å². The maximum Gasteiger partial charge on any atom is 0.178 e. The van der Waals surface area contributed by atoms with Crippen molar-refractivity contribution in [3.63, 3.8) is 0 Å². The monoisotopic (exact) mass is 328 g/mol. The lowest BCUT2D eigenvalue weighted by molar-refractivity contribution is 0.552. The van der Waals surface area contributed by atoms with Gasteiger partial charge in [-0.05, 0) is 6.92 Å². The summed E-state index contributed by atoms with van der Waals surface area (Å²) in [6, 6.07) is 0. The number of rotatable bonds is 8. The first kappa shape index (κ1) is 18.1. The summed E-state index contributed by atoms with van der Waals surface area (Å²) in [6.45, 7) is 10.2. The van der Waals surface area contributed by atoms with Gasteiger partial charge in [-0.25, -0.2) is 25.3 Å². The zero-order valence-electron chi connectivity index (χ0n) is 10.4. The third-order valence-corrected chi connectivity index (χ3v) is 7.99. The van der Waals surface area contributed by atoms with Gasteiger partial charge in [-0.1, -0.05) is 19.7 Å². The van der Waals surface area contributed by atoms with Crippen LogP contribution in [-0.2, 0) is 29.5 Å². The second-order valence-corrected chi connectivity index (χ2v) is 10.4. The molecule has 110 valence electrons. The van der Waals surface area contributed by atoms with Gasteiger partial charge in [-0.15, -0.1) is 0 Å². The Morgan fingerprint density at radius 2 is 1.11 bits per heavy atom. The van der Waals surface area contributed by atoms with E-state index in [9.17, 15) is 25.3 Å². The molecule has 0 fully saturated rings. The number of hydrogen-bond donors (Lipinski definition) is 0. The first-order valence-electron chi connectivity index (χ1n) is 4.92.